The minimum Gasteiger partial charge on any atom is -0.338 e. The lowest BCUT2D eigenvalue weighted by atomic mass is 9.88. The summed E-state index contributed by atoms with van der Waals surface area (Å²) >= 11 is 0. The number of anilines is 2. The Bertz CT molecular complexity index is 700. The molecule has 4 rings (SSSR count). The second kappa shape index (κ2) is 6.49. The van der Waals surface area contributed by atoms with Crippen LogP contribution in [0.2, 0.25) is 0 Å². The fraction of sp³-hybridized carbons (Fsp3) is 0.600. The summed E-state index contributed by atoms with van der Waals surface area (Å²) in [5.41, 5.74) is 2.06. The lowest BCUT2D eigenvalue weighted by molar-refractivity contribution is 0.123. The van der Waals surface area contributed by atoms with Gasteiger partial charge in [-0.2, -0.15) is 0 Å². The van der Waals surface area contributed by atoms with E-state index < -0.39 is 0 Å². The molecule has 26 heavy (non-hydrogen) atoms. The van der Waals surface area contributed by atoms with Crippen LogP contribution in [0, 0.1) is 5.41 Å². The number of hydrogen-bond donors (Lipinski definition) is 2. The maximum Gasteiger partial charge on any atom is 0.322 e. The molecular weight excluding hydrogens is 328 g/mol. The molecule has 2 heterocycles. The number of nitrogens with zero attached hydrogens (tertiary/aromatic N) is 2. The van der Waals surface area contributed by atoms with Crippen LogP contribution in [-0.4, -0.2) is 42.6 Å². The summed E-state index contributed by atoms with van der Waals surface area (Å²) in [4.78, 5) is 28.5. The third-order valence-electron chi connectivity index (χ3n) is 6.27. The summed E-state index contributed by atoms with van der Waals surface area (Å²) in [6.07, 6.45) is 7.33. The van der Waals surface area contributed by atoms with Crippen molar-refractivity contribution in [1.29, 1.82) is 0 Å². The Morgan fingerprint density at radius 2 is 1.92 bits per heavy atom. The number of rotatable bonds is 3. The first-order chi connectivity index (χ1) is 12.5. The van der Waals surface area contributed by atoms with Crippen molar-refractivity contribution in [3.05, 3.63) is 24.3 Å². The average molecular weight is 356 g/mol. The molecule has 6 nitrogen and oxygen atoms in total. The van der Waals surface area contributed by atoms with Gasteiger partial charge in [0.25, 0.3) is 0 Å². The monoisotopic (exact) mass is 356 g/mol. The average Bonchev–Trinajstić information content (AvgIpc) is 3.30. The number of nitrogens with one attached hydrogen (secondary N) is 2. The fourth-order valence-electron chi connectivity index (χ4n) is 4.73. The van der Waals surface area contributed by atoms with Gasteiger partial charge in [-0.25, -0.2) is 9.59 Å². The number of urea groups is 2. The summed E-state index contributed by atoms with van der Waals surface area (Å²) in [5.74, 6) is 0. The molecule has 3 fully saturated rings. The van der Waals surface area contributed by atoms with Crippen LogP contribution in [0.25, 0.3) is 0 Å². The van der Waals surface area contributed by atoms with E-state index in [1.165, 1.54) is 25.7 Å². The van der Waals surface area contributed by atoms with Gasteiger partial charge in [0.1, 0.15) is 0 Å². The summed E-state index contributed by atoms with van der Waals surface area (Å²) in [5, 5.41) is 5.84. The van der Waals surface area contributed by atoms with Crippen LogP contribution in [0.3, 0.4) is 0 Å². The van der Waals surface area contributed by atoms with Crippen molar-refractivity contribution in [2.45, 2.75) is 57.5 Å². The standard InChI is InChI=1S/C20H28N4O2/c1-3-21-18(25)23(2)15-6-4-5-14(11-15)22-19(26)24-16-7-8-17(24)13-20(12-16)9-10-20/h4-6,11,16-17H,3,7-10,12-13H2,1-2H3,(H,21,25)(H,22,26). The lowest BCUT2D eigenvalue weighted by Gasteiger charge is -2.39. The molecule has 2 saturated heterocycles. The van der Waals surface area contributed by atoms with Crippen molar-refractivity contribution < 1.29 is 9.59 Å². The van der Waals surface area contributed by atoms with E-state index in [0.29, 0.717) is 24.0 Å². The van der Waals surface area contributed by atoms with Gasteiger partial charge in [-0.05, 0) is 69.1 Å². The molecule has 0 radical (unpaired) electrons. The van der Waals surface area contributed by atoms with Crippen LogP contribution in [0.1, 0.15) is 45.4 Å². The van der Waals surface area contributed by atoms with Crippen molar-refractivity contribution in [1.82, 2.24) is 10.2 Å². The molecule has 1 saturated carbocycles. The van der Waals surface area contributed by atoms with E-state index in [9.17, 15) is 9.59 Å². The van der Waals surface area contributed by atoms with Crippen molar-refractivity contribution in [3.63, 3.8) is 0 Å². The maximum absolute atomic E-state index is 12.9. The van der Waals surface area contributed by atoms with Crippen molar-refractivity contribution in [2.24, 2.45) is 5.41 Å². The number of carbonyl (C=O) groups excluding carboxylic acids is 2. The molecule has 6 heteroatoms. The third kappa shape index (κ3) is 3.13. The molecule has 140 valence electrons. The summed E-state index contributed by atoms with van der Waals surface area (Å²) in [6, 6.07) is 8.11. The number of piperidine rings is 1. The van der Waals surface area contributed by atoms with Crippen LogP contribution in [0.5, 0.6) is 0 Å². The minimum atomic E-state index is -0.153. The summed E-state index contributed by atoms with van der Waals surface area (Å²) < 4.78 is 0. The number of fused-ring (bicyclic) bond motifs is 2. The summed E-state index contributed by atoms with van der Waals surface area (Å²) in [7, 11) is 1.73. The quantitative estimate of drug-likeness (QED) is 0.865. The van der Waals surface area contributed by atoms with Crippen LogP contribution in [0.15, 0.2) is 24.3 Å². The Kier molecular flexibility index (Phi) is 4.29. The largest absolute Gasteiger partial charge is 0.338 e. The van der Waals surface area contributed by atoms with Gasteiger partial charge < -0.3 is 15.5 Å². The number of carbonyl (C=O) groups is 2. The SMILES string of the molecule is CCNC(=O)N(C)c1cccc(NC(=O)N2C3CCC2CC2(CC2)C3)c1. The van der Waals surface area contributed by atoms with E-state index in [0.717, 1.165) is 24.2 Å². The molecule has 3 aliphatic rings. The van der Waals surface area contributed by atoms with E-state index >= 15 is 0 Å². The first kappa shape index (κ1) is 17.2. The second-order valence-corrected chi connectivity index (χ2v) is 8.08. The summed E-state index contributed by atoms with van der Waals surface area (Å²) in [6.45, 7) is 2.47. The second-order valence-electron chi connectivity index (χ2n) is 8.08. The van der Waals surface area contributed by atoms with E-state index in [2.05, 4.69) is 15.5 Å². The van der Waals surface area contributed by atoms with Gasteiger partial charge >= 0.3 is 12.1 Å². The Morgan fingerprint density at radius 1 is 1.23 bits per heavy atom. The highest BCUT2D eigenvalue weighted by atomic mass is 16.2. The van der Waals surface area contributed by atoms with Crippen LogP contribution in [0.4, 0.5) is 21.0 Å². The number of benzene rings is 1. The van der Waals surface area contributed by atoms with Crippen LogP contribution in [-0.2, 0) is 0 Å². The normalized spacial score (nSPS) is 25.1. The molecule has 0 aromatic heterocycles. The Labute approximate surface area is 154 Å². The number of hydrogen-bond acceptors (Lipinski definition) is 2. The zero-order chi connectivity index (χ0) is 18.3. The molecule has 2 N–H and O–H groups in total. The number of amides is 4. The highest BCUT2D eigenvalue weighted by Gasteiger charge is 2.55. The van der Waals surface area contributed by atoms with E-state index in [4.69, 9.17) is 0 Å². The van der Waals surface area contributed by atoms with E-state index in [1.54, 1.807) is 11.9 Å². The van der Waals surface area contributed by atoms with Gasteiger partial charge in [-0.1, -0.05) is 6.07 Å². The van der Waals surface area contributed by atoms with Gasteiger partial charge in [0.05, 0.1) is 0 Å². The highest BCUT2D eigenvalue weighted by Crippen LogP contribution is 2.59. The van der Waals surface area contributed by atoms with Gasteiger partial charge in [0.2, 0.25) is 0 Å². The Hall–Kier alpha value is -2.24. The highest BCUT2D eigenvalue weighted by molar-refractivity contribution is 5.94. The topological polar surface area (TPSA) is 64.7 Å². The molecule has 2 bridgehead atoms. The Morgan fingerprint density at radius 3 is 2.54 bits per heavy atom. The van der Waals surface area contributed by atoms with Crippen molar-refractivity contribution in [2.75, 3.05) is 23.8 Å². The molecule has 2 unspecified atom stereocenters. The van der Waals surface area contributed by atoms with Gasteiger partial charge in [0, 0.05) is 37.1 Å². The molecule has 2 aliphatic heterocycles. The van der Waals surface area contributed by atoms with Crippen LogP contribution < -0.4 is 15.5 Å². The lowest BCUT2D eigenvalue weighted by Crippen LogP contribution is -2.49. The molecule has 1 aliphatic carbocycles. The molecule has 2 atom stereocenters. The zero-order valence-electron chi connectivity index (χ0n) is 15.6. The molecule has 1 aromatic rings. The molecule has 1 aromatic carbocycles. The van der Waals surface area contributed by atoms with E-state index in [1.807, 2.05) is 31.2 Å². The fourth-order valence-corrected chi connectivity index (χ4v) is 4.73. The molecule has 4 amide bonds. The first-order valence-corrected chi connectivity index (χ1v) is 9.72. The smallest absolute Gasteiger partial charge is 0.322 e. The predicted octanol–water partition coefficient (Wildman–Crippen LogP) is 3.79. The Balaban J connectivity index is 1.43. The van der Waals surface area contributed by atoms with E-state index in [-0.39, 0.29) is 12.1 Å². The molecule has 1 spiro atoms. The van der Waals surface area contributed by atoms with Crippen LogP contribution >= 0.6 is 0 Å². The van der Waals surface area contributed by atoms with Gasteiger partial charge in [-0.15, -0.1) is 0 Å². The zero-order valence-corrected chi connectivity index (χ0v) is 15.6. The minimum absolute atomic E-state index is 0.00538. The van der Waals surface area contributed by atoms with Crippen molar-refractivity contribution >= 4 is 23.4 Å². The molecular formula is C20H28N4O2. The predicted molar refractivity (Wildman–Crippen MR) is 102 cm³/mol. The van der Waals surface area contributed by atoms with Gasteiger partial charge in [-0.3, -0.25) is 4.90 Å². The first-order valence-electron chi connectivity index (χ1n) is 9.72. The van der Waals surface area contributed by atoms with Crippen molar-refractivity contribution in [3.8, 4) is 0 Å². The maximum atomic E-state index is 12.9. The third-order valence-corrected chi connectivity index (χ3v) is 6.27. The van der Waals surface area contributed by atoms with Gasteiger partial charge in [0.15, 0.2) is 0 Å².